The standard InChI is InChI=1S/C20H19FN2O4/c1-20(19(26)27,14-7-9-15(21)10-8-14)22-17(24)12-23-16-5-3-2-4-13(16)6-11-18(23)25/h2-5,7-10H,6,11-12H2,1H3,(H,22,24)(H,26,27). The third-order valence-electron chi connectivity index (χ3n) is 4.73. The summed E-state index contributed by atoms with van der Waals surface area (Å²) in [6, 6.07) is 12.2. The number of hydrogen-bond acceptors (Lipinski definition) is 3. The third kappa shape index (κ3) is 3.67. The minimum atomic E-state index is -1.75. The molecule has 140 valence electrons. The molecule has 1 aliphatic heterocycles. The van der Waals surface area contributed by atoms with E-state index >= 15 is 0 Å². The molecule has 0 fully saturated rings. The molecule has 2 aromatic rings. The topological polar surface area (TPSA) is 86.7 Å². The van der Waals surface area contributed by atoms with E-state index in [9.17, 15) is 23.9 Å². The lowest BCUT2D eigenvalue weighted by atomic mass is 9.92. The first-order chi connectivity index (χ1) is 12.8. The number of hydrogen-bond donors (Lipinski definition) is 2. The fourth-order valence-corrected chi connectivity index (χ4v) is 3.16. The smallest absolute Gasteiger partial charge is 0.333 e. The van der Waals surface area contributed by atoms with Crippen LogP contribution >= 0.6 is 0 Å². The summed E-state index contributed by atoms with van der Waals surface area (Å²) in [5.41, 5.74) is 0.102. The number of carbonyl (C=O) groups is 3. The van der Waals surface area contributed by atoms with Gasteiger partial charge in [0.15, 0.2) is 5.54 Å². The van der Waals surface area contributed by atoms with Crippen molar-refractivity contribution in [1.29, 1.82) is 0 Å². The second-order valence-electron chi connectivity index (χ2n) is 6.59. The highest BCUT2D eigenvalue weighted by molar-refractivity contribution is 6.01. The van der Waals surface area contributed by atoms with Gasteiger partial charge in [-0.1, -0.05) is 30.3 Å². The Hall–Kier alpha value is -3.22. The van der Waals surface area contributed by atoms with Crippen LogP contribution in [0.3, 0.4) is 0 Å². The van der Waals surface area contributed by atoms with E-state index in [1.807, 2.05) is 12.1 Å². The lowest BCUT2D eigenvalue weighted by Crippen LogP contribution is -2.53. The Morgan fingerprint density at radius 2 is 1.81 bits per heavy atom. The van der Waals surface area contributed by atoms with E-state index in [0.29, 0.717) is 18.5 Å². The number of benzene rings is 2. The molecule has 0 saturated carbocycles. The lowest BCUT2D eigenvalue weighted by Gasteiger charge is -2.31. The minimum Gasteiger partial charge on any atom is -0.479 e. The largest absolute Gasteiger partial charge is 0.479 e. The summed E-state index contributed by atoms with van der Waals surface area (Å²) in [6.07, 6.45) is 0.897. The van der Waals surface area contributed by atoms with Crippen LogP contribution in [-0.4, -0.2) is 29.4 Å². The van der Waals surface area contributed by atoms with Crippen molar-refractivity contribution in [1.82, 2.24) is 5.32 Å². The molecule has 1 atom stereocenters. The van der Waals surface area contributed by atoms with E-state index < -0.39 is 23.2 Å². The second kappa shape index (κ2) is 7.19. The maximum absolute atomic E-state index is 13.2. The fraction of sp³-hybridized carbons (Fsp3) is 0.250. The van der Waals surface area contributed by atoms with Crippen LogP contribution in [0.1, 0.15) is 24.5 Å². The molecule has 0 bridgehead atoms. The van der Waals surface area contributed by atoms with Gasteiger partial charge in [0.1, 0.15) is 12.4 Å². The number of para-hydroxylation sites is 1. The molecule has 0 aliphatic carbocycles. The molecule has 1 unspecified atom stereocenters. The predicted molar refractivity (Wildman–Crippen MR) is 96.6 cm³/mol. The highest BCUT2D eigenvalue weighted by Gasteiger charge is 2.38. The number of rotatable bonds is 5. The first-order valence-electron chi connectivity index (χ1n) is 8.50. The summed E-state index contributed by atoms with van der Waals surface area (Å²) in [7, 11) is 0. The summed E-state index contributed by atoms with van der Waals surface area (Å²) >= 11 is 0. The van der Waals surface area contributed by atoms with Crippen molar-refractivity contribution >= 4 is 23.5 Å². The van der Waals surface area contributed by atoms with Gasteiger partial charge < -0.3 is 15.3 Å². The van der Waals surface area contributed by atoms with Crippen molar-refractivity contribution < 1.29 is 23.9 Å². The quantitative estimate of drug-likeness (QED) is 0.845. The number of anilines is 1. The summed E-state index contributed by atoms with van der Waals surface area (Å²) in [5.74, 6) is -2.60. The maximum atomic E-state index is 13.2. The number of carbonyl (C=O) groups excluding carboxylic acids is 2. The number of nitrogens with zero attached hydrogens (tertiary/aromatic N) is 1. The molecule has 0 saturated heterocycles. The Morgan fingerprint density at radius 3 is 2.48 bits per heavy atom. The number of aliphatic carboxylic acids is 1. The maximum Gasteiger partial charge on any atom is 0.333 e. The third-order valence-corrected chi connectivity index (χ3v) is 4.73. The predicted octanol–water partition coefficient (Wildman–Crippen LogP) is 2.22. The number of halogens is 1. The van der Waals surface area contributed by atoms with Crippen molar-refractivity contribution in [2.75, 3.05) is 11.4 Å². The Morgan fingerprint density at radius 1 is 1.15 bits per heavy atom. The SMILES string of the molecule is CC(NC(=O)CN1C(=O)CCc2ccccc21)(C(=O)O)c1ccc(F)cc1. The van der Waals surface area contributed by atoms with Crippen molar-refractivity contribution in [3.8, 4) is 0 Å². The molecule has 3 rings (SSSR count). The van der Waals surface area contributed by atoms with E-state index in [-0.39, 0.29) is 18.0 Å². The molecule has 2 aromatic carbocycles. The average Bonchev–Trinajstić information content (AvgIpc) is 2.64. The van der Waals surface area contributed by atoms with Crippen LogP contribution in [0, 0.1) is 5.82 Å². The fourth-order valence-electron chi connectivity index (χ4n) is 3.16. The van der Waals surface area contributed by atoms with Crippen LogP contribution in [0.25, 0.3) is 0 Å². The van der Waals surface area contributed by atoms with Crippen LogP contribution < -0.4 is 10.2 Å². The van der Waals surface area contributed by atoms with E-state index in [1.165, 1.54) is 24.0 Å². The molecule has 7 heteroatoms. The van der Waals surface area contributed by atoms with Gasteiger partial charge in [-0.15, -0.1) is 0 Å². The van der Waals surface area contributed by atoms with Gasteiger partial charge in [-0.05, 0) is 42.7 Å². The van der Waals surface area contributed by atoms with Crippen molar-refractivity contribution in [2.24, 2.45) is 0 Å². The van der Waals surface area contributed by atoms with Crippen LogP contribution in [0.2, 0.25) is 0 Å². The van der Waals surface area contributed by atoms with E-state index in [1.54, 1.807) is 12.1 Å². The molecule has 27 heavy (non-hydrogen) atoms. The molecule has 0 spiro atoms. The zero-order valence-corrected chi connectivity index (χ0v) is 14.7. The van der Waals surface area contributed by atoms with Gasteiger partial charge in [-0.2, -0.15) is 0 Å². The number of carboxylic acids is 1. The average molecular weight is 370 g/mol. The molecule has 1 heterocycles. The van der Waals surface area contributed by atoms with Gasteiger partial charge in [0.05, 0.1) is 0 Å². The Balaban J connectivity index is 1.82. The Labute approximate surface area is 155 Å². The summed E-state index contributed by atoms with van der Waals surface area (Å²) in [5, 5.41) is 12.1. The molecule has 1 aliphatic rings. The molecule has 0 aromatic heterocycles. The van der Waals surface area contributed by atoms with Crippen LogP contribution in [0.5, 0.6) is 0 Å². The second-order valence-corrected chi connectivity index (χ2v) is 6.59. The lowest BCUT2D eigenvalue weighted by molar-refractivity contribution is -0.147. The number of carboxylic acid groups (broad SMARTS) is 1. The van der Waals surface area contributed by atoms with Gasteiger partial charge in [-0.25, -0.2) is 9.18 Å². The molecular formula is C20H19FN2O4. The summed E-state index contributed by atoms with van der Waals surface area (Å²) in [6.45, 7) is 1.03. The molecule has 2 amide bonds. The molecule has 2 N–H and O–H groups in total. The van der Waals surface area contributed by atoms with Gasteiger partial charge in [0.2, 0.25) is 11.8 Å². The van der Waals surface area contributed by atoms with Gasteiger partial charge >= 0.3 is 5.97 Å². The number of fused-ring (bicyclic) bond motifs is 1. The highest BCUT2D eigenvalue weighted by atomic mass is 19.1. The van der Waals surface area contributed by atoms with Crippen LogP contribution in [0.4, 0.5) is 10.1 Å². The van der Waals surface area contributed by atoms with Crippen LogP contribution in [0.15, 0.2) is 48.5 Å². The zero-order valence-electron chi connectivity index (χ0n) is 14.7. The summed E-state index contributed by atoms with van der Waals surface area (Å²) < 4.78 is 13.2. The molecule has 0 radical (unpaired) electrons. The van der Waals surface area contributed by atoms with E-state index in [0.717, 1.165) is 17.7 Å². The first-order valence-corrected chi connectivity index (χ1v) is 8.50. The van der Waals surface area contributed by atoms with Gasteiger partial charge in [0.25, 0.3) is 0 Å². The molecule has 6 nitrogen and oxygen atoms in total. The Kier molecular flexibility index (Phi) is 4.94. The minimum absolute atomic E-state index is 0.192. The number of amides is 2. The van der Waals surface area contributed by atoms with E-state index in [4.69, 9.17) is 0 Å². The zero-order chi connectivity index (χ0) is 19.6. The van der Waals surface area contributed by atoms with E-state index in [2.05, 4.69) is 5.32 Å². The van der Waals surface area contributed by atoms with Gasteiger partial charge in [-0.3, -0.25) is 9.59 Å². The Bertz CT molecular complexity index is 897. The number of nitrogens with one attached hydrogen (secondary N) is 1. The first kappa shape index (κ1) is 18.6. The van der Waals surface area contributed by atoms with Crippen molar-refractivity contribution in [3.05, 3.63) is 65.5 Å². The normalized spacial score (nSPS) is 15.6. The van der Waals surface area contributed by atoms with Crippen molar-refractivity contribution in [3.63, 3.8) is 0 Å². The van der Waals surface area contributed by atoms with Crippen molar-refractivity contribution in [2.45, 2.75) is 25.3 Å². The number of aryl methyl sites for hydroxylation is 1. The molecular weight excluding hydrogens is 351 g/mol. The van der Waals surface area contributed by atoms with Gasteiger partial charge in [0, 0.05) is 12.1 Å². The highest BCUT2D eigenvalue weighted by Crippen LogP contribution is 2.27. The summed E-state index contributed by atoms with van der Waals surface area (Å²) in [4.78, 5) is 38.0. The monoisotopic (exact) mass is 370 g/mol. The van der Waals surface area contributed by atoms with Crippen LogP contribution in [-0.2, 0) is 26.3 Å².